The minimum absolute atomic E-state index is 0. The molecule has 3 nitrogen and oxygen atoms in total. The highest BCUT2D eigenvalue weighted by atomic mass is 35.5. The number of aryl methyl sites for hydroxylation is 1. The van der Waals surface area contributed by atoms with Gasteiger partial charge < -0.3 is 4.74 Å². The Hall–Kier alpha value is -1.36. The van der Waals surface area contributed by atoms with E-state index in [1.807, 2.05) is 49.4 Å². The molecule has 0 N–H and O–H groups in total. The van der Waals surface area contributed by atoms with E-state index in [1.54, 1.807) is 0 Å². The van der Waals surface area contributed by atoms with Gasteiger partial charge in [0.15, 0.2) is 0 Å². The van der Waals surface area contributed by atoms with Gasteiger partial charge in [0.25, 0.3) is 0 Å². The zero-order chi connectivity index (χ0) is 19.0. The lowest BCUT2D eigenvalue weighted by Crippen LogP contribution is -2.41. The van der Waals surface area contributed by atoms with Gasteiger partial charge in [0.1, 0.15) is 6.04 Å². The molecule has 2 atom stereocenters. The summed E-state index contributed by atoms with van der Waals surface area (Å²) in [5, 5.41) is 0.606. The predicted octanol–water partition coefficient (Wildman–Crippen LogP) is 13.5. The molecule has 0 fully saturated rings. The maximum atomic E-state index is 13.0. The molecule has 0 saturated carbocycles. The summed E-state index contributed by atoms with van der Waals surface area (Å²) in [6.45, 7) is 11.1. The van der Waals surface area contributed by atoms with Gasteiger partial charge in [-0.05, 0) is 63.8 Å². The van der Waals surface area contributed by atoms with Crippen molar-refractivity contribution < 1.29 is 55.2 Å². The van der Waals surface area contributed by atoms with Crippen molar-refractivity contribution in [1.82, 2.24) is 4.90 Å². The van der Waals surface area contributed by atoms with Crippen LogP contribution in [0.3, 0.4) is 0 Å². The van der Waals surface area contributed by atoms with Crippen LogP contribution >= 0.6 is 22.9 Å². The quantitative estimate of drug-likeness (QED) is 0.428. The Bertz CT molecular complexity index is 872. The number of nitrogens with zero attached hydrogens (tertiary/aromatic N) is 1. The fraction of sp³-hybridized carbons (Fsp3) is 0.476. The molecule has 1 aliphatic rings. The van der Waals surface area contributed by atoms with Crippen LogP contribution in [0.1, 0.15) is 105 Å². The van der Waals surface area contributed by atoms with Crippen LogP contribution in [0.4, 0.5) is 0 Å². The van der Waals surface area contributed by atoms with Crippen molar-refractivity contribution in [2.24, 2.45) is 0 Å². The molecule has 2 heterocycles. The molecule has 1 unspecified atom stereocenters. The van der Waals surface area contributed by atoms with Crippen LogP contribution in [-0.2, 0) is 16.0 Å². The maximum Gasteiger partial charge on any atom is 0.328 e. The third kappa shape index (κ3) is 3.55. The molecule has 0 spiro atoms. The van der Waals surface area contributed by atoms with Crippen molar-refractivity contribution in [2.75, 3.05) is 6.54 Å². The van der Waals surface area contributed by atoms with Crippen LogP contribution < -0.4 is 0 Å². The predicted molar refractivity (Wildman–Crippen MR) is 176 cm³/mol. The van der Waals surface area contributed by atoms with E-state index in [0.717, 1.165) is 18.5 Å². The Balaban J connectivity index is -0.00000000875. The third-order valence-corrected chi connectivity index (χ3v) is 6.75. The van der Waals surface area contributed by atoms with Gasteiger partial charge in [-0.1, -0.05) is 29.8 Å². The summed E-state index contributed by atoms with van der Waals surface area (Å²) in [4.78, 5) is 18.1. The van der Waals surface area contributed by atoms with Gasteiger partial charge in [0, 0.05) is 73.0 Å². The Morgan fingerprint density at radius 2 is 2.04 bits per heavy atom. The molecular formula is C21H90ClNO2S. The first kappa shape index (κ1) is 19.4. The van der Waals surface area contributed by atoms with Gasteiger partial charge >= 0.3 is 5.97 Å². The molecule has 2 aromatic rings. The summed E-state index contributed by atoms with van der Waals surface area (Å²) in [6.07, 6.45) is 0.794. The van der Waals surface area contributed by atoms with E-state index in [9.17, 15) is 4.79 Å². The zero-order valence-corrected chi connectivity index (χ0v) is 17.6. The maximum absolute atomic E-state index is 13.0. The van der Waals surface area contributed by atoms with Crippen molar-refractivity contribution >= 4 is 28.9 Å². The number of ether oxygens (including phenoxy) is 1. The lowest BCUT2D eigenvalue weighted by Gasteiger charge is -2.39. The summed E-state index contributed by atoms with van der Waals surface area (Å²) >= 11 is 8.35. The number of hydrogen-bond donors (Lipinski definition) is 0. The molecule has 1 aliphatic heterocycles. The van der Waals surface area contributed by atoms with Crippen LogP contribution in [0.2, 0.25) is 5.02 Å². The number of fused-ring (bicyclic) bond motifs is 1. The first-order chi connectivity index (χ1) is 12.3. The third-order valence-electron chi connectivity index (χ3n) is 5.13. The average Bonchev–Trinajstić information content (AvgIpc) is 2.86. The molecule has 0 bridgehead atoms. The highest BCUT2D eigenvalue weighted by molar-refractivity contribution is 7.12. The molecule has 26 heavy (non-hydrogen) atoms. The van der Waals surface area contributed by atoms with Gasteiger partial charge in [-0.2, -0.15) is 0 Å². The Morgan fingerprint density at radius 3 is 2.69 bits per heavy atom. The standard InChI is InChI=1S/C21H26ClNO2S.32H2/c1-12(2)25-21(24)20(16-8-6-7-9-17(16)22)23-11-10-18-19(14(23)4)13(3)15(5)26-18;;;;;;;;;;;;;;;;;;;;;;;;;;;;;;;;/h6-9,12,14,20H,10-11H2,1-5H3;32*1H/t14?,20-;;;;;;;;;;;;;;;;;;;;;;;;;;;;;;;;/m0................................/s1. The van der Waals surface area contributed by atoms with Gasteiger partial charge in [-0.3, -0.25) is 4.90 Å². The van der Waals surface area contributed by atoms with Crippen molar-refractivity contribution in [1.29, 1.82) is 0 Å². The molecule has 1 aromatic carbocycles. The van der Waals surface area contributed by atoms with Gasteiger partial charge in [-0.25, -0.2) is 4.79 Å². The molecule has 204 valence electrons. The fourth-order valence-electron chi connectivity index (χ4n) is 3.82. The molecule has 0 radical (unpaired) electrons. The molecular weight excluding hydrogens is 366 g/mol. The Morgan fingerprint density at radius 1 is 1.35 bits per heavy atom. The zero-order valence-electron chi connectivity index (χ0n) is 16.0. The van der Waals surface area contributed by atoms with Crippen LogP contribution in [0.5, 0.6) is 0 Å². The second-order valence-corrected chi connectivity index (χ2v) is 8.91. The van der Waals surface area contributed by atoms with Crippen LogP contribution in [0, 0.1) is 13.8 Å². The minimum atomic E-state index is -0.492. The smallest absolute Gasteiger partial charge is 0.328 e. The lowest BCUT2D eigenvalue weighted by atomic mass is 9.93. The highest BCUT2D eigenvalue weighted by Gasteiger charge is 2.38. The van der Waals surface area contributed by atoms with E-state index in [4.69, 9.17) is 16.3 Å². The minimum Gasteiger partial charge on any atom is -0.462 e. The molecule has 0 saturated heterocycles. The average molecular weight is 456 g/mol. The number of hydrogen-bond acceptors (Lipinski definition) is 4. The van der Waals surface area contributed by atoms with E-state index in [-0.39, 0.29) is 63.8 Å². The normalized spacial score (nSPS) is 18.7. The first-order valence-corrected chi connectivity index (χ1v) is 10.3. The van der Waals surface area contributed by atoms with E-state index in [1.165, 1.54) is 20.9 Å². The number of carbonyl (C=O) groups excluding carboxylic acids is 1. The summed E-state index contributed by atoms with van der Waals surface area (Å²) in [5.41, 5.74) is 3.53. The summed E-state index contributed by atoms with van der Waals surface area (Å²) < 4.78 is 5.61. The lowest BCUT2D eigenvalue weighted by molar-refractivity contribution is -0.155. The van der Waals surface area contributed by atoms with Crippen molar-refractivity contribution in [3.8, 4) is 0 Å². The number of thiophene rings is 1. The second kappa shape index (κ2) is 7.71. The molecule has 0 amide bonds. The first-order valence-electron chi connectivity index (χ1n) is 9.10. The SMILES string of the molecule is Cc1sc2c(c1C)C(C)N([C@H](C(=O)OC(C)C)c1ccccc1Cl)CC2.[HH].[HH].[HH].[HH].[HH].[HH].[HH].[HH].[HH].[HH].[HH].[HH].[HH].[HH].[HH].[HH].[HH].[HH].[HH].[HH].[HH].[HH].[HH].[HH].[HH].[HH].[HH].[HH].[HH].[HH].[HH].[HH]. The van der Waals surface area contributed by atoms with Crippen LogP contribution in [-0.4, -0.2) is 23.5 Å². The molecule has 3 rings (SSSR count). The van der Waals surface area contributed by atoms with Crippen molar-refractivity contribution in [3.05, 3.63) is 55.7 Å². The Labute approximate surface area is 212 Å². The van der Waals surface area contributed by atoms with Gasteiger partial charge in [0.2, 0.25) is 0 Å². The monoisotopic (exact) mass is 456 g/mol. The Kier molecular flexibility index (Phi) is 5.75. The topological polar surface area (TPSA) is 29.5 Å². The molecule has 5 heteroatoms. The van der Waals surface area contributed by atoms with E-state index in [2.05, 4.69) is 25.7 Å². The van der Waals surface area contributed by atoms with E-state index < -0.39 is 6.04 Å². The number of benzene rings is 1. The fourth-order valence-corrected chi connectivity index (χ4v) is 5.32. The van der Waals surface area contributed by atoms with E-state index >= 15 is 0 Å². The summed E-state index contributed by atoms with van der Waals surface area (Å²) in [7, 11) is 0. The summed E-state index contributed by atoms with van der Waals surface area (Å²) in [6, 6.07) is 7.24. The number of rotatable bonds is 4. The molecule has 0 aliphatic carbocycles. The summed E-state index contributed by atoms with van der Waals surface area (Å²) in [5.74, 6) is -0.229. The number of esters is 1. The van der Waals surface area contributed by atoms with Gasteiger partial charge in [-0.15, -0.1) is 11.3 Å². The van der Waals surface area contributed by atoms with Crippen molar-refractivity contribution in [3.63, 3.8) is 0 Å². The van der Waals surface area contributed by atoms with Crippen LogP contribution in [0.25, 0.3) is 0 Å². The highest BCUT2D eigenvalue weighted by Crippen LogP contribution is 2.43. The number of halogens is 1. The largest absolute Gasteiger partial charge is 0.462 e. The van der Waals surface area contributed by atoms with Crippen LogP contribution in [0.15, 0.2) is 24.3 Å². The number of carbonyl (C=O) groups is 1. The molecule has 1 aromatic heterocycles. The second-order valence-electron chi connectivity index (χ2n) is 7.19. The van der Waals surface area contributed by atoms with Crippen molar-refractivity contribution in [2.45, 2.75) is 59.2 Å². The van der Waals surface area contributed by atoms with E-state index in [0.29, 0.717) is 5.02 Å². The van der Waals surface area contributed by atoms with Gasteiger partial charge in [0.05, 0.1) is 6.10 Å².